The van der Waals surface area contributed by atoms with Crippen LogP contribution in [-0.4, -0.2) is 65.8 Å². The first-order chi connectivity index (χ1) is 11.2. The lowest BCUT2D eigenvalue weighted by Crippen LogP contribution is -2.42. The van der Waals surface area contributed by atoms with Crippen molar-refractivity contribution in [1.82, 2.24) is 10.2 Å². The number of benzene rings is 1. The molecule has 0 aliphatic heterocycles. The number of rotatable bonds is 10. The molecule has 1 aromatic rings. The lowest BCUT2D eigenvalue weighted by molar-refractivity contribution is -0.119. The number of anilines is 1. The summed E-state index contributed by atoms with van der Waals surface area (Å²) in [6.07, 6.45) is 1.98. The molecule has 0 aromatic heterocycles. The molecule has 0 saturated heterocycles. The zero-order valence-electron chi connectivity index (χ0n) is 14.8. The van der Waals surface area contributed by atoms with Crippen molar-refractivity contribution < 1.29 is 17.9 Å². The first kappa shape index (κ1) is 20.2. The second-order valence-electron chi connectivity index (χ2n) is 5.77. The van der Waals surface area contributed by atoms with Crippen LogP contribution in [-0.2, 0) is 14.8 Å². The van der Waals surface area contributed by atoms with E-state index in [-0.39, 0.29) is 12.5 Å². The Morgan fingerprint density at radius 1 is 1.21 bits per heavy atom. The minimum atomic E-state index is -3.56. The van der Waals surface area contributed by atoms with Crippen molar-refractivity contribution in [3.63, 3.8) is 0 Å². The van der Waals surface area contributed by atoms with Gasteiger partial charge in [-0.05, 0) is 44.8 Å². The maximum Gasteiger partial charge on any atom is 0.240 e. The van der Waals surface area contributed by atoms with Crippen LogP contribution in [0, 0.1) is 0 Å². The molecule has 0 bridgehead atoms. The Labute approximate surface area is 144 Å². The molecule has 1 rings (SSSR count). The van der Waals surface area contributed by atoms with Crippen molar-refractivity contribution in [3.05, 3.63) is 24.3 Å². The molecule has 8 heteroatoms. The third kappa shape index (κ3) is 7.18. The number of hydrogen-bond donors (Lipinski definition) is 1. The van der Waals surface area contributed by atoms with E-state index in [1.807, 2.05) is 25.9 Å². The lowest BCUT2D eigenvalue weighted by atomic mass is 10.3. The summed E-state index contributed by atoms with van der Waals surface area (Å²) in [7, 11) is 0.237. The van der Waals surface area contributed by atoms with Gasteiger partial charge in [-0.2, -0.15) is 0 Å². The summed E-state index contributed by atoms with van der Waals surface area (Å²) >= 11 is 0. The highest BCUT2D eigenvalue weighted by atomic mass is 32.2. The molecule has 0 atom stereocenters. The molecule has 7 nitrogen and oxygen atoms in total. The molecular formula is C16H27N3O4S. The first-order valence-corrected chi connectivity index (χ1v) is 9.71. The average Bonchev–Trinajstić information content (AvgIpc) is 2.50. The molecule has 136 valence electrons. The summed E-state index contributed by atoms with van der Waals surface area (Å²) in [5, 5.41) is 2.71. The Morgan fingerprint density at radius 3 is 2.33 bits per heavy atom. The molecule has 24 heavy (non-hydrogen) atoms. The van der Waals surface area contributed by atoms with Crippen molar-refractivity contribution in [2.24, 2.45) is 0 Å². The van der Waals surface area contributed by atoms with E-state index < -0.39 is 10.0 Å². The van der Waals surface area contributed by atoms with Gasteiger partial charge in [0.1, 0.15) is 12.3 Å². The lowest BCUT2D eigenvalue weighted by Gasteiger charge is -2.22. The van der Waals surface area contributed by atoms with E-state index in [4.69, 9.17) is 4.74 Å². The highest BCUT2D eigenvalue weighted by Gasteiger charge is 2.20. The highest BCUT2D eigenvalue weighted by Crippen LogP contribution is 2.21. The van der Waals surface area contributed by atoms with Gasteiger partial charge < -0.3 is 15.0 Å². The zero-order chi connectivity index (χ0) is 18.2. The van der Waals surface area contributed by atoms with Gasteiger partial charge in [-0.1, -0.05) is 6.92 Å². The van der Waals surface area contributed by atoms with E-state index in [1.54, 1.807) is 24.3 Å². The number of likely N-dealkylation sites (N-methyl/N-ethyl adjacent to an activating group) is 1. The number of carbonyl (C=O) groups excluding carboxylic acids is 1. The van der Waals surface area contributed by atoms with Gasteiger partial charge in [-0.3, -0.25) is 9.10 Å². The Hall–Kier alpha value is -1.80. The van der Waals surface area contributed by atoms with Gasteiger partial charge in [-0.25, -0.2) is 8.42 Å². The summed E-state index contributed by atoms with van der Waals surface area (Å²) in [6, 6.07) is 6.68. The molecule has 0 saturated carbocycles. The zero-order valence-corrected chi connectivity index (χ0v) is 15.6. The summed E-state index contributed by atoms with van der Waals surface area (Å²) in [5.41, 5.74) is 0.434. The monoisotopic (exact) mass is 357 g/mol. The van der Waals surface area contributed by atoms with E-state index in [1.165, 1.54) is 0 Å². The number of sulfonamides is 1. The molecule has 0 heterocycles. The number of ether oxygens (including phenoxy) is 1. The Morgan fingerprint density at radius 2 is 1.83 bits per heavy atom. The average molecular weight is 357 g/mol. The van der Waals surface area contributed by atoms with Crippen molar-refractivity contribution in [2.75, 3.05) is 50.9 Å². The minimum Gasteiger partial charge on any atom is -0.494 e. The summed E-state index contributed by atoms with van der Waals surface area (Å²) in [4.78, 5) is 13.9. The van der Waals surface area contributed by atoms with E-state index in [0.29, 0.717) is 31.1 Å². The molecule has 1 aromatic carbocycles. The fourth-order valence-electron chi connectivity index (χ4n) is 1.93. The van der Waals surface area contributed by atoms with Crippen LogP contribution in [0.4, 0.5) is 5.69 Å². The molecule has 0 aliphatic rings. The fraction of sp³-hybridized carbons (Fsp3) is 0.562. The van der Waals surface area contributed by atoms with Crippen LogP contribution in [0.25, 0.3) is 0 Å². The predicted molar refractivity (Wildman–Crippen MR) is 96.0 cm³/mol. The number of amides is 1. The number of hydrogen-bond acceptors (Lipinski definition) is 5. The normalized spacial score (nSPS) is 11.4. The molecule has 0 fully saturated rings. The van der Waals surface area contributed by atoms with Crippen LogP contribution in [0.3, 0.4) is 0 Å². The molecule has 1 N–H and O–H groups in total. The largest absolute Gasteiger partial charge is 0.494 e. The standard InChI is InChI=1S/C16H27N3O4S/c1-5-12-23-15-8-6-14(7-9-15)19(24(4,21)22)13-16(20)17-10-11-18(2)3/h6-9H,5,10-13H2,1-4H3,(H,17,20). The molecular weight excluding hydrogens is 330 g/mol. The van der Waals surface area contributed by atoms with Gasteiger partial charge in [0.2, 0.25) is 15.9 Å². The Kier molecular flexibility index (Phi) is 8.00. The van der Waals surface area contributed by atoms with Crippen molar-refractivity contribution in [2.45, 2.75) is 13.3 Å². The fourth-order valence-corrected chi connectivity index (χ4v) is 2.79. The van der Waals surface area contributed by atoms with Crippen molar-refractivity contribution in [1.29, 1.82) is 0 Å². The predicted octanol–water partition coefficient (Wildman–Crippen LogP) is 0.919. The Balaban J connectivity index is 2.77. The van der Waals surface area contributed by atoms with Crippen LogP contribution in [0.15, 0.2) is 24.3 Å². The second kappa shape index (κ2) is 9.48. The molecule has 1 amide bonds. The van der Waals surface area contributed by atoms with E-state index in [2.05, 4.69) is 5.32 Å². The van der Waals surface area contributed by atoms with Crippen molar-refractivity contribution in [3.8, 4) is 5.75 Å². The van der Waals surface area contributed by atoms with Gasteiger partial charge in [0.05, 0.1) is 18.6 Å². The topological polar surface area (TPSA) is 79.0 Å². The van der Waals surface area contributed by atoms with Gasteiger partial charge in [0.25, 0.3) is 0 Å². The quantitative estimate of drug-likeness (QED) is 0.674. The first-order valence-electron chi connectivity index (χ1n) is 7.86. The van der Waals surface area contributed by atoms with Crippen molar-refractivity contribution >= 4 is 21.6 Å². The van der Waals surface area contributed by atoms with Crippen LogP contribution in [0.5, 0.6) is 5.75 Å². The number of nitrogens with one attached hydrogen (secondary N) is 1. The van der Waals surface area contributed by atoms with E-state index in [0.717, 1.165) is 17.0 Å². The molecule has 0 aliphatic carbocycles. The van der Waals surface area contributed by atoms with Crippen LogP contribution < -0.4 is 14.4 Å². The van der Waals surface area contributed by atoms with Gasteiger partial charge in [-0.15, -0.1) is 0 Å². The minimum absolute atomic E-state index is 0.249. The second-order valence-corrected chi connectivity index (χ2v) is 7.67. The Bertz CT molecular complexity index is 615. The SMILES string of the molecule is CCCOc1ccc(N(CC(=O)NCCN(C)C)S(C)(=O)=O)cc1. The highest BCUT2D eigenvalue weighted by molar-refractivity contribution is 7.92. The smallest absolute Gasteiger partial charge is 0.240 e. The number of carbonyl (C=O) groups is 1. The van der Waals surface area contributed by atoms with E-state index >= 15 is 0 Å². The maximum absolute atomic E-state index is 12.0. The van der Waals surface area contributed by atoms with Gasteiger partial charge in [0.15, 0.2) is 0 Å². The third-order valence-corrected chi connectivity index (χ3v) is 4.31. The summed E-state index contributed by atoms with van der Waals surface area (Å²) in [6.45, 7) is 3.51. The van der Waals surface area contributed by atoms with Crippen LogP contribution in [0.2, 0.25) is 0 Å². The van der Waals surface area contributed by atoms with Gasteiger partial charge >= 0.3 is 0 Å². The number of nitrogens with zero attached hydrogens (tertiary/aromatic N) is 2. The maximum atomic E-state index is 12.0. The molecule has 0 unspecified atom stereocenters. The summed E-state index contributed by atoms with van der Waals surface area (Å²) in [5.74, 6) is 0.332. The molecule has 0 spiro atoms. The molecule has 0 radical (unpaired) electrons. The van der Waals surface area contributed by atoms with Gasteiger partial charge in [0, 0.05) is 13.1 Å². The van der Waals surface area contributed by atoms with E-state index in [9.17, 15) is 13.2 Å². The third-order valence-electron chi connectivity index (χ3n) is 3.17. The van der Waals surface area contributed by atoms with Crippen LogP contribution in [0.1, 0.15) is 13.3 Å². The summed E-state index contributed by atoms with van der Waals surface area (Å²) < 4.78 is 30.6. The van der Waals surface area contributed by atoms with Crippen LogP contribution >= 0.6 is 0 Å².